The van der Waals surface area contributed by atoms with Gasteiger partial charge >= 0.3 is 0 Å². The molecule has 3 heterocycles. The predicted molar refractivity (Wildman–Crippen MR) is 237 cm³/mol. The van der Waals surface area contributed by atoms with Gasteiger partial charge in [0, 0.05) is 47.4 Å². The lowest BCUT2D eigenvalue weighted by Gasteiger charge is -2.43. The summed E-state index contributed by atoms with van der Waals surface area (Å²) in [6.07, 6.45) is 0. The molecular weight excluding hydrogens is 695 g/mol. The van der Waals surface area contributed by atoms with Gasteiger partial charge in [-0.05, 0) is 122 Å². The van der Waals surface area contributed by atoms with Gasteiger partial charge in [-0.15, -0.1) is 11.3 Å². The number of hydrogen-bond donors (Lipinski definition) is 0. The van der Waals surface area contributed by atoms with Crippen molar-refractivity contribution in [1.29, 1.82) is 0 Å². The number of nitrogens with zero attached hydrogens (tertiary/aromatic N) is 2. The fourth-order valence-corrected chi connectivity index (χ4v) is 12.1. The van der Waals surface area contributed by atoms with E-state index in [0.717, 1.165) is 39.6 Å². The van der Waals surface area contributed by atoms with E-state index in [2.05, 4.69) is 168 Å². The molecule has 0 N–H and O–H groups in total. The highest BCUT2D eigenvalue weighted by atomic mass is 32.1. The first-order valence-corrected chi connectivity index (χ1v) is 20.1. The minimum Gasteiger partial charge on any atom is -0.311 e. The number of rotatable bonds is 2. The zero-order valence-electron chi connectivity index (χ0n) is 33.2. The Morgan fingerprint density at radius 1 is 0.500 bits per heavy atom. The van der Waals surface area contributed by atoms with E-state index < -0.39 is 12.3 Å². The van der Waals surface area contributed by atoms with Crippen molar-refractivity contribution in [3.8, 4) is 22.3 Å². The van der Waals surface area contributed by atoms with Gasteiger partial charge in [0.1, 0.15) is 0 Å². The highest BCUT2D eigenvalue weighted by Crippen LogP contribution is 2.64. The Balaban J connectivity index is 1.17. The minimum absolute atomic E-state index is 0.113. The van der Waals surface area contributed by atoms with Gasteiger partial charge in [-0.25, -0.2) is 0 Å². The maximum absolute atomic E-state index is 8.82. The molecule has 260 valence electrons. The first-order valence-electron chi connectivity index (χ1n) is 20.8. The van der Waals surface area contributed by atoms with E-state index in [-0.39, 0.29) is 6.71 Å². The molecule has 9 aromatic rings. The van der Waals surface area contributed by atoms with E-state index in [9.17, 15) is 0 Å². The van der Waals surface area contributed by atoms with Gasteiger partial charge in [0.15, 0.2) is 0 Å². The molecule has 0 atom stereocenters. The molecule has 2 aliphatic heterocycles. The summed E-state index contributed by atoms with van der Waals surface area (Å²) in [5.41, 5.74) is 18.5. The van der Waals surface area contributed by atoms with E-state index in [4.69, 9.17) is 4.11 Å². The number of hydrogen-bond acceptors (Lipinski definition) is 3. The van der Waals surface area contributed by atoms with E-state index >= 15 is 0 Å². The van der Waals surface area contributed by atoms with Crippen molar-refractivity contribution in [3.63, 3.8) is 0 Å². The molecule has 0 saturated carbocycles. The summed E-state index contributed by atoms with van der Waals surface area (Å²) in [4.78, 5) is 4.64. The van der Waals surface area contributed by atoms with E-state index in [1.165, 1.54) is 64.8 Å². The Morgan fingerprint density at radius 3 is 1.68 bits per heavy atom. The third-order valence-electron chi connectivity index (χ3n) is 12.7. The third-order valence-corrected chi connectivity index (χ3v) is 13.9. The van der Waals surface area contributed by atoms with Crippen LogP contribution in [0, 0.1) is 6.85 Å². The first-order chi connectivity index (χ1) is 28.9. The molecule has 0 saturated heterocycles. The quantitative estimate of drug-likeness (QED) is 0.163. The van der Waals surface area contributed by atoms with Crippen LogP contribution in [0.3, 0.4) is 0 Å². The summed E-state index contributed by atoms with van der Waals surface area (Å²) >= 11 is 1.88. The molecule has 8 aromatic carbocycles. The van der Waals surface area contributed by atoms with Crippen molar-refractivity contribution < 1.29 is 4.11 Å². The van der Waals surface area contributed by atoms with Crippen LogP contribution in [0.25, 0.3) is 32.3 Å². The van der Waals surface area contributed by atoms with E-state index in [1.54, 1.807) is 0 Å². The van der Waals surface area contributed by atoms with Crippen LogP contribution in [0.5, 0.6) is 0 Å². The van der Waals surface area contributed by atoms with Gasteiger partial charge in [-0.3, -0.25) is 0 Å². The average Bonchev–Trinajstić information content (AvgIpc) is 3.89. The first kappa shape index (κ1) is 27.9. The molecule has 1 spiro atoms. The average molecular weight is 732 g/mol. The van der Waals surface area contributed by atoms with Crippen molar-refractivity contribution in [3.05, 3.63) is 210 Å². The Labute approximate surface area is 334 Å². The summed E-state index contributed by atoms with van der Waals surface area (Å²) in [7, 11) is 0. The van der Waals surface area contributed by atoms with Crippen molar-refractivity contribution in [2.45, 2.75) is 12.3 Å². The maximum atomic E-state index is 8.82. The number of anilines is 6. The molecule has 0 amide bonds. The monoisotopic (exact) mass is 731 g/mol. The lowest BCUT2D eigenvalue weighted by atomic mass is 9.36. The van der Waals surface area contributed by atoms with Gasteiger partial charge in [-0.1, -0.05) is 127 Å². The van der Waals surface area contributed by atoms with Crippen LogP contribution in [0.2, 0.25) is 0 Å². The highest BCUT2D eigenvalue weighted by Gasteiger charge is 2.52. The molecule has 2 nitrogen and oxygen atoms in total. The summed E-state index contributed by atoms with van der Waals surface area (Å²) < 4.78 is 28.9. The summed E-state index contributed by atoms with van der Waals surface area (Å²) in [5.74, 6) is 0. The highest BCUT2D eigenvalue weighted by molar-refractivity contribution is 7.33. The second kappa shape index (κ2) is 11.0. The summed E-state index contributed by atoms with van der Waals surface area (Å²) in [6.45, 7) is -2.44. The Hall–Kier alpha value is -6.62. The predicted octanol–water partition coefficient (Wildman–Crippen LogP) is 11.6. The topological polar surface area (TPSA) is 6.48 Å². The molecule has 56 heavy (non-hydrogen) atoms. The van der Waals surface area contributed by atoms with Gasteiger partial charge in [0.05, 0.1) is 11.1 Å². The fraction of sp³-hybridized carbons (Fsp3) is 0.0385. The largest absolute Gasteiger partial charge is 0.311 e. The Morgan fingerprint density at radius 2 is 1.04 bits per heavy atom. The number of benzene rings is 8. The Bertz CT molecular complexity index is 3200. The molecule has 0 bridgehead atoms. The third kappa shape index (κ3) is 3.73. The van der Waals surface area contributed by atoms with Crippen molar-refractivity contribution in [1.82, 2.24) is 0 Å². The number of para-hydroxylation sites is 3. The van der Waals surface area contributed by atoms with E-state index in [0.29, 0.717) is 5.56 Å². The molecule has 13 rings (SSSR count). The van der Waals surface area contributed by atoms with Gasteiger partial charge in [0.25, 0.3) is 6.71 Å². The molecule has 0 fully saturated rings. The number of thiophene rings is 1. The van der Waals surface area contributed by atoms with Gasteiger partial charge < -0.3 is 9.80 Å². The van der Waals surface area contributed by atoms with Crippen molar-refractivity contribution >= 4 is 78.0 Å². The second-order valence-corrected chi connectivity index (χ2v) is 16.4. The molecule has 0 radical (unpaired) electrons. The minimum atomic E-state index is -2.33. The van der Waals surface area contributed by atoms with Crippen LogP contribution in [-0.2, 0) is 5.41 Å². The number of fused-ring (bicyclic) bond motifs is 16. The lowest BCUT2D eigenvalue weighted by Crippen LogP contribution is -2.60. The number of aryl methyl sites for hydroxylation is 1. The normalized spacial score (nSPS) is 15.6. The van der Waals surface area contributed by atoms with E-state index in [1.807, 2.05) is 35.6 Å². The maximum Gasteiger partial charge on any atom is 0.264 e. The molecule has 4 heteroatoms. The van der Waals surface area contributed by atoms with Crippen LogP contribution in [0.1, 0.15) is 31.9 Å². The smallest absolute Gasteiger partial charge is 0.264 e. The molecular formula is C52H33BN2S. The SMILES string of the molecule is [2H]C([2H])([2H])c1cc2c3c(c1)N(c1ccccc1)c1c(sc4cc5c(cc14)C1(c4ccccc4-c4ccccc41)c1ccccc1-5)B3c1ccccc1N2c1ccccc1. The van der Waals surface area contributed by atoms with Crippen LogP contribution in [0.4, 0.5) is 34.1 Å². The van der Waals surface area contributed by atoms with Crippen molar-refractivity contribution in [2.75, 3.05) is 9.80 Å². The Kier molecular flexibility index (Phi) is 5.48. The summed E-state index contributed by atoms with van der Waals surface area (Å²) in [6, 6.07) is 65.3. The van der Waals surface area contributed by atoms with Gasteiger partial charge in [-0.2, -0.15) is 0 Å². The fourth-order valence-electron chi connectivity index (χ4n) is 10.7. The molecule has 0 unspecified atom stereocenters. The zero-order chi connectivity index (χ0) is 39.2. The summed E-state index contributed by atoms with van der Waals surface area (Å²) in [5, 5.41) is 1.18. The van der Waals surface area contributed by atoms with Crippen molar-refractivity contribution in [2.24, 2.45) is 0 Å². The van der Waals surface area contributed by atoms with Crippen LogP contribution >= 0.6 is 11.3 Å². The molecule has 4 aliphatic rings. The van der Waals surface area contributed by atoms with Crippen LogP contribution < -0.4 is 25.5 Å². The lowest BCUT2D eigenvalue weighted by molar-refractivity contribution is 0.795. The van der Waals surface area contributed by atoms with Crippen LogP contribution in [-0.4, -0.2) is 6.71 Å². The van der Waals surface area contributed by atoms with Crippen LogP contribution in [0.15, 0.2) is 182 Å². The second-order valence-electron chi connectivity index (χ2n) is 15.4. The standard InChI is InChI=1S/C52H33BN2S/c1-32-28-46-49-47(29-32)55(34-18-6-3-7-19-34)50-39-30-43-38(31-48(39)56-51(50)53(49)44-26-14-15-27-45(44)54(46)33-16-4-2-5-17-33)37-22-10-13-25-42(37)52(43)40-23-11-8-20-35(40)36-21-9-12-24-41(36)52/h2-31H,1H3/i1D3. The zero-order valence-corrected chi connectivity index (χ0v) is 31.0. The molecule has 2 aliphatic carbocycles. The van der Waals surface area contributed by atoms with Gasteiger partial charge in [0.2, 0.25) is 0 Å². The molecule has 1 aromatic heterocycles.